The highest BCUT2D eigenvalue weighted by Gasteiger charge is 2.24. The van der Waals surface area contributed by atoms with Gasteiger partial charge in [0.05, 0.1) is 16.7 Å². The number of hydrogen-bond acceptors (Lipinski definition) is 5. The molecule has 1 N–H and O–H groups in total. The number of aromatic amines is 1. The normalized spacial score (nSPS) is 14.3. The van der Waals surface area contributed by atoms with Crippen LogP contribution in [0.1, 0.15) is 5.56 Å². The standard InChI is InChI=1S/C23H21N5O3/c29-23(13-16-14-25-20-4-2-1-3-17(16)20)27-11-9-26(10-12-27)21-5-6-22(28(30)31)19-15-24-8-7-18(19)21/h1-8,14-15,25H,9-13H2. The molecule has 5 rings (SSSR count). The van der Waals surface area contributed by atoms with Crippen LogP contribution in [0, 0.1) is 10.1 Å². The van der Waals surface area contributed by atoms with Crippen molar-refractivity contribution in [2.45, 2.75) is 6.42 Å². The van der Waals surface area contributed by atoms with Crippen molar-refractivity contribution in [2.24, 2.45) is 0 Å². The van der Waals surface area contributed by atoms with E-state index in [0.29, 0.717) is 38.0 Å². The molecule has 0 radical (unpaired) electrons. The fourth-order valence-electron chi connectivity index (χ4n) is 4.34. The number of rotatable bonds is 4. The SMILES string of the molecule is O=C(Cc1c[nH]c2ccccc12)N1CCN(c2ccc([N+](=O)[O-])c3cnccc23)CC1. The monoisotopic (exact) mass is 415 g/mol. The Hall–Kier alpha value is -3.94. The molecule has 2 aromatic heterocycles. The Labute approximate surface area is 178 Å². The Bertz CT molecular complexity index is 1290. The van der Waals surface area contributed by atoms with Crippen LogP contribution in [0.2, 0.25) is 0 Å². The highest BCUT2D eigenvalue weighted by molar-refractivity contribution is 5.99. The van der Waals surface area contributed by atoms with Crippen LogP contribution < -0.4 is 4.90 Å². The summed E-state index contributed by atoms with van der Waals surface area (Å²) in [7, 11) is 0. The van der Waals surface area contributed by atoms with Gasteiger partial charge in [0.1, 0.15) is 0 Å². The number of amides is 1. The molecule has 1 saturated heterocycles. The van der Waals surface area contributed by atoms with Crippen LogP contribution in [-0.2, 0) is 11.2 Å². The summed E-state index contributed by atoms with van der Waals surface area (Å²) in [4.78, 5) is 35.2. The number of aromatic nitrogens is 2. The highest BCUT2D eigenvalue weighted by Crippen LogP contribution is 2.33. The van der Waals surface area contributed by atoms with Crippen molar-refractivity contribution in [3.63, 3.8) is 0 Å². The number of fused-ring (bicyclic) bond motifs is 2. The number of carbonyl (C=O) groups is 1. The molecule has 8 heteroatoms. The van der Waals surface area contributed by atoms with Gasteiger partial charge in [-0.15, -0.1) is 0 Å². The van der Waals surface area contributed by atoms with E-state index in [0.717, 1.165) is 27.5 Å². The molecule has 8 nitrogen and oxygen atoms in total. The molecule has 4 aromatic rings. The van der Waals surface area contributed by atoms with Gasteiger partial charge in [-0.1, -0.05) is 18.2 Å². The third-order valence-electron chi connectivity index (χ3n) is 5.96. The predicted octanol–water partition coefficient (Wildman–Crippen LogP) is 3.52. The van der Waals surface area contributed by atoms with Crippen molar-refractivity contribution < 1.29 is 9.72 Å². The number of anilines is 1. The first-order valence-corrected chi connectivity index (χ1v) is 10.2. The molecule has 1 aliphatic rings. The van der Waals surface area contributed by atoms with Gasteiger partial charge < -0.3 is 14.8 Å². The largest absolute Gasteiger partial charge is 0.367 e. The highest BCUT2D eigenvalue weighted by atomic mass is 16.6. The Morgan fingerprint density at radius 1 is 1.03 bits per heavy atom. The number of piperazine rings is 1. The van der Waals surface area contributed by atoms with Gasteiger partial charge in [-0.05, 0) is 23.8 Å². The second-order valence-electron chi connectivity index (χ2n) is 7.69. The molecule has 0 bridgehead atoms. The molecule has 0 saturated carbocycles. The zero-order valence-electron chi connectivity index (χ0n) is 16.8. The molecule has 156 valence electrons. The van der Waals surface area contributed by atoms with E-state index in [1.165, 1.54) is 12.3 Å². The number of nitro groups is 1. The maximum Gasteiger partial charge on any atom is 0.278 e. The summed E-state index contributed by atoms with van der Waals surface area (Å²) in [5, 5.41) is 13.8. The topological polar surface area (TPSA) is 95.4 Å². The van der Waals surface area contributed by atoms with E-state index < -0.39 is 0 Å². The minimum absolute atomic E-state index is 0.0550. The van der Waals surface area contributed by atoms with Crippen LogP contribution >= 0.6 is 0 Å². The zero-order valence-corrected chi connectivity index (χ0v) is 16.8. The van der Waals surface area contributed by atoms with E-state index in [9.17, 15) is 14.9 Å². The Kier molecular flexibility index (Phi) is 4.74. The van der Waals surface area contributed by atoms with Crippen LogP contribution in [0.25, 0.3) is 21.7 Å². The van der Waals surface area contributed by atoms with Gasteiger partial charge in [0.25, 0.3) is 5.69 Å². The summed E-state index contributed by atoms with van der Waals surface area (Å²) in [5.41, 5.74) is 3.04. The Balaban J connectivity index is 1.31. The molecule has 0 spiro atoms. The number of non-ortho nitro benzene ring substituents is 1. The minimum Gasteiger partial charge on any atom is -0.367 e. The van der Waals surface area contributed by atoms with Crippen molar-refractivity contribution in [2.75, 3.05) is 31.1 Å². The molecule has 3 heterocycles. The number of hydrogen-bond donors (Lipinski definition) is 1. The third-order valence-corrected chi connectivity index (χ3v) is 5.96. The summed E-state index contributed by atoms with van der Waals surface area (Å²) in [6.07, 6.45) is 5.47. The predicted molar refractivity (Wildman–Crippen MR) is 119 cm³/mol. The molecule has 0 aliphatic carbocycles. The lowest BCUT2D eigenvalue weighted by atomic mass is 10.1. The van der Waals surface area contributed by atoms with E-state index in [1.54, 1.807) is 12.3 Å². The van der Waals surface area contributed by atoms with Crippen molar-refractivity contribution in [1.29, 1.82) is 0 Å². The molecule has 31 heavy (non-hydrogen) atoms. The van der Waals surface area contributed by atoms with Crippen molar-refractivity contribution in [3.8, 4) is 0 Å². The number of H-pyrrole nitrogens is 1. The first-order chi connectivity index (χ1) is 15.1. The maximum absolute atomic E-state index is 12.9. The Morgan fingerprint density at radius 2 is 1.84 bits per heavy atom. The minimum atomic E-state index is -0.380. The van der Waals surface area contributed by atoms with Crippen LogP contribution in [0.15, 0.2) is 61.1 Å². The second kappa shape index (κ2) is 7.71. The third kappa shape index (κ3) is 3.46. The van der Waals surface area contributed by atoms with Gasteiger partial charge in [-0.3, -0.25) is 19.9 Å². The van der Waals surface area contributed by atoms with E-state index in [-0.39, 0.29) is 16.5 Å². The lowest BCUT2D eigenvalue weighted by molar-refractivity contribution is -0.383. The summed E-state index contributed by atoms with van der Waals surface area (Å²) >= 11 is 0. The van der Waals surface area contributed by atoms with Crippen LogP contribution in [-0.4, -0.2) is 51.9 Å². The maximum atomic E-state index is 12.9. The number of nitrogens with one attached hydrogen (secondary N) is 1. The molecule has 0 unspecified atom stereocenters. The fraction of sp³-hybridized carbons (Fsp3) is 0.217. The van der Waals surface area contributed by atoms with E-state index in [4.69, 9.17) is 0 Å². The Morgan fingerprint density at radius 3 is 2.65 bits per heavy atom. The zero-order chi connectivity index (χ0) is 21.4. The van der Waals surface area contributed by atoms with Gasteiger partial charge >= 0.3 is 0 Å². The number of benzene rings is 2. The number of para-hydroxylation sites is 1. The van der Waals surface area contributed by atoms with Crippen LogP contribution in [0.3, 0.4) is 0 Å². The lowest BCUT2D eigenvalue weighted by Crippen LogP contribution is -2.49. The first-order valence-electron chi connectivity index (χ1n) is 10.2. The summed E-state index contributed by atoms with van der Waals surface area (Å²) in [5.74, 6) is 0.113. The molecule has 2 aromatic carbocycles. The van der Waals surface area contributed by atoms with Gasteiger partial charge in [0, 0.05) is 72.8 Å². The number of carbonyl (C=O) groups excluding carboxylic acids is 1. The van der Waals surface area contributed by atoms with Crippen molar-refractivity contribution in [1.82, 2.24) is 14.9 Å². The fourth-order valence-corrected chi connectivity index (χ4v) is 4.34. The number of pyridine rings is 1. The summed E-state index contributed by atoms with van der Waals surface area (Å²) in [6, 6.07) is 13.1. The van der Waals surface area contributed by atoms with Crippen LogP contribution in [0.4, 0.5) is 11.4 Å². The smallest absolute Gasteiger partial charge is 0.278 e. The summed E-state index contributed by atoms with van der Waals surface area (Å²) in [6.45, 7) is 2.58. The van der Waals surface area contributed by atoms with Gasteiger partial charge in [-0.2, -0.15) is 0 Å². The van der Waals surface area contributed by atoms with Crippen molar-refractivity contribution >= 4 is 39.0 Å². The average Bonchev–Trinajstić information content (AvgIpc) is 3.21. The van der Waals surface area contributed by atoms with Gasteiger partial charge in [-0.25, -0.2) is 0 Å². The van der Waals surface area contributed by atoms with E-state index >= 15 is 0 Å². The van der Waals surface area contributed by atoms with Gasteiger partial charge in [0.15, 0.2) is 0 Å². The number of nitrogens with zero attached hydrogens (tertiary/aromatic N) is 4. The van der Waals surface area contributed by atoms with Crippen LogP contribution in [0.5, 0.6) is 0 Å². The van der Waals surface area contributed by atoms with Gasteiger partial charge in [0.2, 0.25) is 5.91 Å². The first kappa shape index (κ1) is 19.0. The second-order valence-corrected chi connectivity index (χ2v) is 7.69. The average molecular weight is 415 g/mol. The molecule has 0 atom stereocenters. The van der Waals surface area contributed by atoms with E-state index in [1.807, 2.05) is 41.4 Å². The number of nitro benzene ring substituents is 1. The van der Waals surface area contributed by atoms with E-state index in [2.05, 4.69) is 14.9 Å². The molecule has 1 aliphatic heterocycles. The molecular weight excluding hydrogens is 394 g/mol. The molecule has 1 amide bonds. The molecular formula is C23H21N5O3. The summed E-state index contributed by atoms with van der Waals surface area (Å²) < 4.78 is 0. The van der Waals surface area contributed by atoms with Crippen molar-refractivity contribution in [3.05, 3.63) is 76.7 Å². The quantitative estimate of drug-likeness (QED) is 0.406. The molecule has 1 fully saturated rings. The lowest BCUT2D eigenvalue weighted by Gasteiger charge is -2.36.